The molecule has 0 N–H and O–H groups in total. The number of thiophene rings is 1. The van der Waals surface area contributed by atoms with Gasteiger partial charge in [0.05, 0.1) is 19.1 Å². The molecular formula is C26H27N3O3S. The zero-order valence-corrected chi connectivity index (χ0v) is 19.9. The van der Waals surface area contributed by atoms with E-state index in [9.17, 15) is 4.79 Å². The summed E-state index contributed by atoms with van der Waals surface area (Å²) in [7, 11) is 1.65. The molecule has 0 unspecified atom stereocenters. The number of benzene rings is 2. The maximum absolute atomic E-state index is 12.9. The number of nitrogens with zero attached hydrogens (tertiary/aromatic N) is 3. The summed E-state index contributed by atoms with van der Waals surface area (Å²) in [5.74, 6) is 3.24. The first-order valence-electron chi connectivity index (χ1n) is 11.1. The number of amidine groups is 1. The molecule has 7 heteroatoms. The second-order valence-corrected chi connectivity index (χ2v) is 9.54. The van der Waals surface area contributed by atoms with Gasteiger partial charge in [0.2, 0.25) is 5.91 Å². The highest BCUT2D eigenvalue weighted by Gasteiger charge is 2.31. The summed E-state index contributed by atoms with van der Waals surface area (Å²) in [5.41, 5.74) is 2.84. The van der Waals surface area contributed by atoms with E-state index in [0.717, 1.165) is 44.8 Å². The first-order chi connectivity index (χ1) is 16.0. The Morgan fingerprint density at radius 3 is 2.82 bits per heavy atom. The van der Waals surface area contributed by atoms with Crippen molar-refractivity contribution in [2.24, 2.45) is 4.99 Å². The van der Waals surface area contributed by atoms with E-state index in [0.29, 0.717) is 26.1 Å². The predicted molar refractivity (Wildman–Crippen MR) is 131 cm³/mol. The molecule has 33 heavy (non-hydrogen) atoms. The lowest BCUT2D eigenvalue weighted by atomic mass is 10.1. The summed E-state index contributed by atoms with van der Waals surface area (Å²) < 4.78 is 11.7. The van der Waals surface area contributed by atoms with Crippen LogP contribution in [-0.4, -0.2) is 54.3 Å². The Balaban J connectivity index is 1.44. The van der Waals surface area contributed by atoms with Crippen molar-refractivity contribution in [1.82, 2.24) is 9.80 Å². The van der Waals surface area contributed by atoms with Crippen LogP contribution in [0.3, 0.4) is 0 Å². The van der Waals surface area contributed by atoms with Crippen LogP contribution in [0.5, 0.6) is 17.2 Å². The third-order valence-corrected chi connectivity index (χ3v) is 7.02. The SMILES string of the molecule is COc1ccc2c(c1)Oc1cc(C)ccc1N=C2N1CCN(C(=O)Cc2cccs2)[C@@H](C)C1. The number of carbonyl (C=O) groups is 1. The topological polar surface area (TPSA) is 54.4 Å². The van der Waals surface area contributed by atoms with Gasteiger partial charge in [-0.25, -0.2) is 4.99 Å². The van der Waals surface area contributed by atoms with Crippen LogP contribution in [0.2, 0.25) is 0 Å². The van der Waals surface area contributed by atoms with Crippen LogP contribution in [0, 0.1) is 6.92 Å². The van der Waals surface area contributed by atoms with Crippen molar-refractivity contribution < 1.29 is 14.3 Å². The Kier molecular flexibility index (Phi) is 5.81. The van der Waals surface area contributed by atoms with E-state index in [-0.39, 0.29) is 11.9 Å². The molecule has 6 nitrogen and oxygen atoms in total. The molecule has 0 spiro atoms. The van der Waals surface area contributed by atoms with Crippen molar-refractivity contribution in [2.75, 3.05) is 26.7 Å². The molecule has 0 aliphatic carbocycles. The molecule has 1 amide bonds. The molecule has 3 heterocycles. The number of hydrogen-bond acceptors (Lipinski definition) is 6. The van der Waals surface area contributed by atoms with Crippen LogP contribution in [0.4, 0.5) is 5.69 Å². The number of aryl methyl sites for hydroxylation is 1. The number of rotatable bonds is 3. The van der Waals surface area contributed by atoms with Crippen molar-refractivity contribution in [3.05, 3.63) is 69.9 Å². The smallest absolute Gasteiger partial charge is 0.228 e. The maximum atomic E-state index is 12.9. The molecule has 0 saturated carbocycles. The number of ether oxygens (including phenoxy) is 2. The summed E-state index contributed by atoms with van der Waals surface area (Å²) in [6, 6.07) is 16.0. The first kappa shape index (κ1) is 21.5. The van der Waals surface area contributed by atoms with Crippen LogP contribution in [-0.2, 0) is 11.2 Å². The van der Waals surface area contributed by atoms with Gasteiger partial charge in [-0.3, -0.25) is 4.79 Å². The quantitative estimate of drug-likeness (QED) is 0.549. The van der Waals surface area contributed by atoms with Crippen LogP contribution in [0.25, 0.3) is 0 Å². The van der Waals surface area contributed by atoms with Gasteiger partial charge in [0.15, 0.2) is 5.75 Å². The summed E-state index contributed by atoms with van der Waals surface area (Å²) >= 11 is 1.63. The zero-order chi connectivity index (χ0) is 22.9. The van der Waals surface area contributed by atoms with Gasteiger partial charge >= 0.3 is 0 Å². The molecule has 1 atom stereocenters. The third-order valence-electron chi connectivity index (χ3n) is 6.14. The first-order valence-corrected chi connectivity index (χ1v) is 12.0. The number of aliphatic imine (C=N–C) groups is 1. The van der Waals surface area contributed by atoms with Crippen molar-refractivity contribution in [2.45, 2.75) is 26.3 Å². The fourth-order valence-electron chi connectivity index (χ4n) is 4.41. The number of hydrogen-bond donors (Lipinski definition) is 0. The fraction of sp³-hybridized carbons (Fsp3) is 0.308. The van der Waals surface area contributed by atoms with Gasteiger partial charge in [-0.15, -0.1) is 11.3 Å². The van der Waals surface area contributed by atoms with E-state index in [1.807, 2.05) is 65.7 Å². The minimum atomic E-state index is 0.0808. The highest BCUT2D eigenvalue weighted by molar-refractivity contribution is 7.10. The lowest BCUT2D eigenvalue weighted by Gasteiger charge is -2.41. The number of fused-ring (bicyclic) bond motifs is 2. The van der Waals surface area contributed by atoms with Gasteiger partial charge in [-0.1, -0.05) is 12.1 Å². The number of piperazine rings is 1. The Bertz CT molecular complexity index is 1210. The van der Waals surface area contributed by atoms with E-state index in [2.05, 4.69) is 11.8 Å². The average Bonchev–Trinajstić information content (AvgIpc) is 3.25. The molecule has 1 fully saturated rings. The molecule has 2 aliphatic rings. The van der Waals surface area contributed by atoms with Crippen LogP contribution in [0.15, 0.2) is 58.9 Å². The summed E-state index contributed by atoms with van der Waals surface area (Å²) in [6.45, 7) is 6.24. The summed E-state index contributed by atoms with van der Waals surface area (Å²) in [6.07, 6.45) is 0.464. The number of amides is 1. The molecule has 2 aliphatic heterocycles. The standard InChI is InChI=1S/C26H27N3O3S/c1-17-6-9-22-24(13-17)32-23-14-19(31-3)7-8-21(23)26(27-22)28-10-11-29(18(2)16-28)25(30)15-20-5-4-12-33-20/h4-9,12-14,18H,10-11,15-16H2,1-3H3/t18-/m0/s1. The van der Waals surface area contributed by atoms with Gasteiger partial charge < -0.3 is 19.3 Å². The average molecular weight is 462 g/mol. The maximum Gasteiger partial charge on any atom is 0.228 e. The molecule has 0 bridgehead atoms. The zero-order valence-electron chi connectivity index (χ0n) is 19.1. The Morgan fingerprint density at radius 2 is 2.06 bits per heavy atom. The van der Waals surface area contributed by atoms with E-state index in [4.69, 9.17) is 14.5 Å². The van der Waals surface area contributed by atoms with E-state index >= 15 is 0 Å². The largest absolute Gasteiger partial charge is 0.497 e. The third kappa shape index (κ3) is 4.33. The van der Waals surface area contributed by atoms with Crippen LogP contribution in [0.1, 0.15) is 22.9 Å². The molecule has 0 radical (unpaired) electrons. The normalized spacial score (nSPS) is 17.4. The Hall–Kier alpha value is -3.32. The van der Waals surface area contributed by atoms with Crippen LogP contribution < -0.4 is 9.47 Å². The van der Waals surface area contributed by atoms with Gasteiger partial charge in [-0.2, -0.15) is 0 Å². The molecule has 170 valence electrons. The molecule has 2 aromatic carbocycles. The Morgan fingerprint density at radius 1 is 1.18 bits per heavy atom. The fourth-order valence-corrected chi connectivity index (χ4v) is 5.11. The van der Waals surface area contributed by atoms with E-state index in [1.165, 1.54) is 0 Å². The van der Waals surface area contributed by atoms with Crippen molar-refractivity contribution >= 4 is 28.8 Å². The molecular weight excluding hydrogens is 434 g/mol. The Labute approximate surface area is 198 Å². The molecule has 1 aromatic heterocycles. The van der Waals surface area contributed by atoms with Crippen LogP contribution >= 0.6 is 11.3 Å². The van der Waals surface area contributed by atoms with Crippen molar-refractivity contribution in [3.8, 4) is 17.2 Å². The lowest BCUT2D eigenvalue weighted by Crippen LogP contribution is -2.55. The highest BCUT2D eigenvalue weighted by Crippen LogP contribution is 2.40. The summed E-state index contributed by atoms with van der Waals surface area (Å²) in [4.78, 5) is 23.3. The van der Waals surface area contributed by atoms with Gasteiger partial charge in [0.1, 0.15) is 23.0 Å². The molecule has 5 rings (SSSR count). The highest BCUT2D eigenvalue weighted by atomic mass is 32.1. The van der Waals surface area contributed by atoms with E-state index in [1.54, 1.807) is 18.4 Å². The minimum Gasteiger partial charge on any atom is -0.497 e. The minimum absolute atomic E-state index is 0.0808. The van der Waals surface area contributed by atoms with Crippen molar-refractivity contribution in [3.63, 3.8) is 0 Å². The van der Waals surface area contributed by atoms with Gasteiger partial charge in [0.25, 0.3) is 0 Å². The number of methoxy groups -OCH3 is 1. The second-order valence-electron chi connectivity index (χ2n) is 8.51. The van der Waals surface area contributed by atoms with Crippen molar-refractivity contribution in [1.29, 1.82) is 0 Å². The predicted octanol–water partition coefficient (Wildman–Crippen LogP) is 5.02. The number of carbonyl (C=O) groups excluding carboxylic acids is 1. The van der Waals surface area contributed by atoms with Gasteiger partial charge in [0, 0.05) is 36.6 Å². The molecule has 3 aromatic rings. The lowest BCUT2D eigenvalue weighted by molar-refractivity contribution is -0.134. The van der Waals surface area contributed by atoms with E-state index < -0.39 is 0 Å². The molecule has 1 saturated heterocycles. The monoisotopic (exact) mass is 461 g/mol. The van der Waals surface area contributed by atoms with Gasteiger partial charge in [-0.05, 0) is 55.1 Å². The summed E-state index contributed by atoms with van der Waals surface area (Å²) in [5, 5.41) is 2.02. The second kappa shape index (κ2) is 8.90.